The molecule has 0 spiro atoms. The summed E-state index contributed by atoms with van der Waals surface area (Å²) in [5, 5.41) is 9.85. The van der Waals surface area contributed by atoms with Gasteiger partial charge >= 0.3 is 0 Å². The maximum Gasteiger partial charge on any atom is 0.235 e. The minimum absolute atomic E-state index is 0.251. The van der Waals surface area contributed by atoms with E-state index < -0.39 is 10.0 Å². The Morgan fingerprint density at radius 1 is 1.21 bits per heavy atom. The van der Waals surface area contributed by atoms with Crippen molar-refractivity contribution in [3.63, 3.8) is 0 Å². The third-order valence-electron chi connectivity index (χ3n) is 5.45. The van der Waals surface area contributed by atoms with Gasteiger partial charge in [0.2, 0.25) is 10.0 Å². The number of hydrogen-bond acceptors (Lipinski definition) is 3. The second-order valence-electron chi connectivity index (χ2n) is 7.47. The molecule has 2 aromatic carbocycles. The molecule has 1 aliphatic carbocycles. The van der Waals surface area contributed by atoms with Crippen LogP contribution in [-0.4, -0.2) is 18.2 Å². The number of rotatable bonds is 6. The zero-order chi connectivity index (χ0) is 19.9. The molecule has 3 aromatic rings. The fourth-order valence-electron chi connectivity index (χ4n) is 3.46. The molecule has 5 nitrogen and oxygen atoms in total. The van der Waals surface area contributed by atoms with Crippen molar-refractivity contribution in [2.45, 2.75) is 44.4 Å². The van der Waals surface area contributed by atoms with Gasteiger partial charge in [-0.05, 0) is 56.0 Å². The lowest BCUT2D eigenvalue weighted by atomic mass is 10.0. The topological polar surface area (TPSA) is 74.9 Å². The van der Waals surface area contributed by atoms with Crippen LogP contribution < -0.4 is 4.72 Å². The summed E-state index contributed by atoms with van der Waals surface area (Å²) >= 11 is 0. The summed E-state index contributed by atoms with van der Waals surface area (Å²) in [6.07, 6.45) is 4.57. The minimum Gasteiger partial charge on any atom is -0.344 e. The molecule has 0 unspecified atom stereocenters. The smallest absolute Gasteiger partial charge is 0.235 e. The average Bonchev–Trinajstić information content (AvgIpc) is 3.50. The standard InChI is InChI=1S/C22H23N3O2S/c1-3-15(2)25-14-21(17-6-4-16(13-23)5-7-17)20-11-8-18(12-22(20)25)24-28(26,27)19-9-10-19/h4-8,11-12,14-15,19,24H,3,9-10H2,1-2H3/t15-/m1/s1. The molecule has 1 saturated carbocycles. The number of sulfonamides is 1. The second-order valence-corrected chi connectivity index (χ2v) is 9.44. The molecule has 1 aliphatic rings. The number of benzene rings is 2. The van der Waals surface area contributed by atoms with Crippen molar-refractivity contribution in [1.82, 2.24) is 4.57 Å². The first-order chi connectivity index (χ1) is 13.4. The van der Waals surface area contributed by atoms with Crippen LogP contribution in [-0.2, 0) is 10.0 Å². The molecule has 1 atom stereocenters. The highest BCUT2D eigenvalue weighted by Gasteiger charge is 2.35. The highest BCUT2D eigenvalue weighted by Crippen LogP contribution is 2.36. The largest absolute Gasteiger partial charge is 0.344 e. The van der Waals surface area contributed by atoms with Crippen LogP contribution in [0.25, 0.3) is 22.0 Å². The van der Waals surface area contributed by atoms with Gasteiger partial charge in [0.1, 0.15) is 0 Å². The lowest BCUT2D eigenvalue weighted by molar-refractivity contribution is 0.548. The van der Waals surface area contributed by atoms with Gasteiger partial charge in [-0.15, -0.1) is 0 Å². The van der Waals surface area contributed by atoms with Crippen molar-refractivity contribution in [2.75, 3.05) is 4.72 Å². The van der Waals surface area contributed by atoms with Crippen molar-refractivity contribution >= 4 is 26.6 Å². The van der Waals surface area contributed by atoms with Crippen LogP contribution in [0.15, 0.2) is 48.7 Å². The lowest BCUT2D eigenvalue weighted by Crippen LogP contribution is -2.17. The maximum absolute atomic E-state index is 12.3. The number of anilines is 1. The Labute approximate surface area is 165 Å². The highest BCUT2D eigenvalue weighted by molar-refractivity contribution is 7.93. The van der Waals surface area contributed by atoms with Gasteiger partial charge in [-0.3, -0.25) is 4.72 Å². The summed E-state index contributed by atoms with van der Waals surface area (Å²) in [5.74, 6) is 0. The Bertz CT molecular complexity index is 1170. The molecule has 0 saturated heterocycles. The van der Waals surface area contributed by atoms with E-state index >= 15 is 0 Å². The maximum atomic E-state index is 12.3. The van der Waals surface area contributed by atoms with Gasteiger partial charge in [0.15, 0.2) is 0 Å². The molecular formula is C22H23N3O2S. The van der Waals surface area contributed by atoms with Crippen LogP contribution in [0.2, 0.25) is 0 Å². The third-order valence-corrected chi connectivity index (χ3v) is 7.32. The Balaban J connectivity index is 1.82. The third kappa shape index (κ3) is 3.38. The van der Waals surface area contributed by atoms with Crippen molar-refractivity contribution < 1.29 is 8.42 Å². The van der Waals surface area contributed by atoms with Gasteiger partial charge in [0, 0.05) is 23.2 Å². The lowest BCUT2D eigenvalue weighted by Gasteiger charge is -2.14. The minimum atomic E-state index is -3.29. The molecular weight excluding hydrogens is 370 g/mol. The van der Waals surface area contributed by atoms with Crippen LogP contribution in [0.3, 0.4) is 0 Å². The van der Waals surface area contributed by atoms with E-state index in [0.717, 1.165) is 41.3 Å². The number of nitrogens with one attached hydrogen (secondary N) is 1. The fourth-order valence-corrected chi connectivity index (χ4v) is 4.84. The average molecular weight is 394 g/mol. The zero-order valence-electron chi connectivity index (χ0n) is 16.0. The number of nitrogens with zero attached hydrogens (tertiary/aromatic N) is 2. The molecule has 4 rings (SSSR count). The summed E-state index contributed by atoms with van der Waals surface area (Å²) in [7, 11) is -3.29. The molecule has 1 fully saturated rings. The molecule has 0 aliphatic heterocycles. The van der Waals surface area contributed by atoms with Gasteiger partial charge < -0.3 is 4.57 Å². The van der Waals surface area contributed by atoms with Crippen LogP contribution >= 0.6 is 0 Å². The first-order valence-electron chi connectivity index (χ1n) is 9.59. The van der Waals surface area contributed by atoms with E-state index in [1.807, 2.05) is 42.5 Å². The van der Waals surface area contributed by atoms with Crippen LogP contribution in [0.5, 0.6) is 0 Å². The van der Waals surface area contributed by atoms with Gasteiger partial charge in [0.05, 0.1) is 28.1 Å². The Morgan fingerprint density at radius 2 is 1.93 bits per heavy atom. The zero-order valence-corrected chi connectivity index (χ0v) is 16.8. The van der Waals surface area contributed by atoms with Gasteiger partial charge in [-0.1, -0.05) is 25.1 Å². The van der Waals surface area contributed by atoms with E-state index in [4.69, 9.17) is 5.26 Å². The molecule has 0 bridgehead atoms. The molecule has 144 valence electrons. The highest BCUT2D eigenvalue weighted by atomic mass is 32.2. The summed E-state index contributed by atoms with van der Waals surface area (Å²) in [5.41, 5.74) is 4.36. The quantitative estimate of drug-likeness (QED) is 0.636. The second kappa shape index (κ2) is 6.99. The Hall–Kier alpha value is -2.78. The van der Waals surface area contributed by atoms with E-state index in [-0.39, 0.29) is 11.3 Å². The van der Waals surface area contributed by atoms with Crippen molar-refractivity contribution in [2.24, 2.45) is 0 Å². The molecule has 1 aromatic heterocycles. The van der Waals surface area contributed by atoms with Crippen molar-refractivity contribution in [1.29, 1.82) is 5.26 Å². The number of fused-ring (bicyclic) bond motifs is 1. The monoisotopic (exact) mass is 393 g/mol. The summed E-state index contributed by atoms with van der Waals surface area (Å²) < 4.78 is 29.6. The predicted molar refractivity (Wildman–Crippen MR) is 113 cm³/mol. The van der Waals surface area contributed by atoms with Crippen LogP contribution in [0.1, 0.15) is 44.7 Å². The fraction of sp³-hybridized carbons (Fsp3) is 0.318. The SMILES string of the molecule is CC[C@@H](C)n1cc(-c2ccc(C#N)cc2)c2ccc(NS(=O)(=O)C3CC3)cc21. The van der Waals surface area contributed by atoms with E-state index in [1.54, 1.807) is 0 Å². The predicted octanol–water partition coefficient (Wildman–Crippen LogP) is 5.06. The van der Waals surface area contributed by atoms with Crippen molar-refractivity contribution in [3.8, 4) is 17.2 Å². The van der Waals surface area contributed by atoms with Gasteiger partial charge in [-0.25, -0.2) is 8.42 Å². The molecule has 1 heterocycles. The Kier molecular flexibility index (Phi) is 4.64. The molecule has 0 amide bonds. The normalized spacial score (nSPS) is 15.3. The van der Waals surface area contributed by atoms with E-state index in [2.05, 4.69) is 35.4 Å². The number of nitriles is 1. The molecule has 28 heavy (non-hydrogen) atoms. The first-order valence-corrected chi connectivity index (χ1v) is 11.1. The molecule has 1 N–H and O–H groups in total. The number of hydrogen-bond donors (Lipinski definition) is 1. The van der Waals surface area contributed by atoms with Crippen LogP contribution in [0, 0.1) is 11.3 Å². The summed E-state index contributed by atoms with van der Waals surface area (Å²) in [6.45, 7) is 4.29. The summed E-state index contributed by atoms with van der Waals surface area (Å²) in [4.78, 5) is 0. The van der Waals surface area contributed by atoms with Gasteiger partial charge in [0.25, 0.3) is 0 Å². The first kappa shape index (κ1) is 18.6. The molecule has 6 heteroatoms. The van der Waals surface area contributed by atoms with Gasteiger partial charge in [-0.2, -0.15) is 5.26 Å². The van der Waals surface area contributed by atoms with Crippen LogP contribution in [0.4, 0.5) is 5.69 Å². The van der Waals surface area contributed by atoms with E-state index in [0.29, 0.717) is 11.3 Å². The van der Waals surface area contributed by atoms with E-state index in [1.165, 1.54) is 0 Å². The summed E-state index contributed by atoms with van der Waals surface area (Å²) in [6, 6.07) is 15.7. The molecule has 0 radical (unpaired) electrons. The Morgan fingerprint density at radius 3 is 2.54 bits per heavy atom. The van der Waals surface area contributed by atoms with Crippen molar-refractivity contribution in [3.05, 3.63) is 54.2 Å². The van der Waals surface area contributed by atoms with E-state index in [9.17, 15) is 8.42 Å². The number of aromatic nitrogens is 1.